The summed E-state index contributed by atoms with van der Waals surface area (Å²) in [5.74, 6) is 1.08. The molecule has 7 nitrogen and oxygen atoms in total. The van der Waals surface area contributed by atoms with Crippen molar-refractivity contribution >= 4 is 23.4 Å². The number of nitrogens with two attached hydrogens (primary N) is 1. The molecule has 0 radical (unpaired) electrons. The minimum Gasteiger partial charge on any atom is -0.368 e. The number of nitrogens with one attached hydrogen (secondary N) is 1. The summed E-state index contributed by atoms with van der Waals surface area (Å²) in [4.78, 5) is 17.9. The molecule has 0 spiro atoms. The lowest BCUT2D eigenvalue weighted by molar-refractivity contribution is 0.144. The van der Waals surface area contributed by atoms with Crippen LogP contribution < -0.4 is 10.6 Å². The van der Waals surface area contributed by atoms with Crippen LogP contribution in [0, 0.1) is 6.92 Å². The molecule has 3 N–H and O–H groups in total. The van der Waals surface area contributed by atoms with Crippen LogP contribution in [0.4, 0.5) is 11.8 Å². The standard InChI is InChI=1S/C14H18N6O/c1-4-20-12-9(8(2)18-14(15)19-12)5-10(13(20)21-3)11-6-16-7-17-11/h5-7,13H,4H2,1-3H3,(H,16,17)(H2,15,18,19). The number of H-pyrrole nitrogens is 1. The normalized spacial score (nSPS) is 17.6. The number of nitrogens with zero attached hydrogens (tertiary/aromatic N) is 4. The van der Waals surface area contributed by atoms with E-state index in [2.05, 4.69) is 31.8 Å². The van der Waals surface area contributed by atoms with Crippen molar-refractivity contribution in [2.75, 3.05) is 24.3 Å². The molecule has 3 heterocycles. The highest BCUT2D eigenvalue weighted by molar-refractivity contribution is 5.91. The molecule has 0 bridgehead atoms. The topological polar surface area (TPSA) is 93.0 Å². The van der Waals surface area contributed by atoms with Crippen molar-refractivity contribution in [1.29, 1.82) is 0 Å². The van der Waals surface area contributed by atoms with E-state index in [9.17, 15) is 0 Å². The maximum absolute atomic E-state index is 5.79. The number of hydrogen-bond acceptors (Lipinski definition) is 6. The van der Waals surface area contributed by atoms with Gasteiger partial charge < -0.3 is 20.4 Å². The molecule has 0 aromatic carbocycles. The van der Waals surface area contributed by atoms with Crippen molar-refractivity contribution in [3.05, 3.63) is 29.5 Å². The van der Waals surface area contributed by atoms with E-state index in [1.165, 1.54) is 0 Å². The number of nitrogen functional groups attached to an aromatic ring is 1. The van der Waals surface area contributed by atoms with E-state index < -0.39 is 0 Å². The molecule has 1 aliphatic rings. The number of methoxy groups -OCH3 is 1. The highest BCUT2D eigenvalue weighted by Gasteiger charge is 2.31. The van der Waals surface area contributed by atoms with Crippen LogP contribution in [0.1, 0.15) is 23.9 Å². The summed E-state index contributed by atoms with van der Waals surface area (Å²) >= 11 is 0. The minimum absolute atomic E-state index is 0.239. The van der Waals surface area contributed by atoms with Crippen LogP contribution >= 0.6 is 0 Å². The van der Waals surface area contributed by atoms with Gasteiger partial charge in [-0.1, -0.05) is 0 Å². The fraction of sp³-hybridized carbons (Fsp3) is 0.357. The Balaban J connectivity index is 2.23. The van der Waals surface area contributed by atoms with Crippen molar-refractivity contribution < 1.29 is 4.74 Å². The number of imidazole rings is 1. The van der Waals surface area contributed by atoms with E-state index in [0.717, 1.165) is 34.9 Å². The second-order valence-corrected chi connectivity index (χ2v) is 4.84. The van der Waals surface area contributed by atoms with Gasteiger partial charge in [0.1, 0.15) is 5.82 Å². The average Bonchev–Trinajstić information content (AvgIpc) is 2.99. The summed E-state index contributed by atoms with van der Waals surface area (Å²) in [5, 5.41) is 0. The number of aromatic amines is 1. The van der Waals surface area contributed by atoms with Gasteiger partial charge in [0.05, 0.1) is 23.9 Å². The summed E-state index contributed by atoms with van der Waals surface area (Å²) < 4.78 is 5.68. The predicted molar refractivity (Wildman–Crippen MR) is 81.5 cm³/mol. The molecule has 0 aliphatic carbocycles. The van der Waals surface area contributed by atoms with Gasteiger partial charge in [-0.25, -0.2) is 9.97 Å². The third-order valence-corrected chi connectivity index (χ3v) is 3.63. The van der Waals surface area contributed by atoms with E-state index in [4.69, 9.17) is 10.5 Å². The van der Waals surface area contributed by atoms with Gasteiger partial charge in [-0.3, -0.25) is 0 Å². The summed E-state index contributed by atoms with van der Waals surface area (Å²) in [6.07, 6.45) is 5.24. The Morgan fingerprint density at radius 1 is 1.43 bits per heavy atom. The van der Waals surface area contributed by atoms with Crippen molar-refractivity contribution in [2.24, 2.45) is 0 Å². The molecule has 2 aromatic heterocycles. The number of hydrogen-bond donors (Lipinski definition) is 2. The first-order valence-electron chi connectivity index (χ1n) is 6.79. The maximum Gasteiger partial charge on any atom is 0.222 e. The molecular weight excluding hydrogens is 268 g/mol. The Kier molecular flexibility index (Phi) is 3.34. The van der Waals surface area contributed by atoms with Crippen LogP contribution in [0.15, 0.2) is 12.5 Å². The molecule has 0 saturated heterocycles. The Labute approximate surface area is 122 Å². The number of rotatable bonds is 3. The molecule has 7 heteroatoms. The van der Waals surface area contributed by atoms with Crippen LogP contribution in [-0.4, -0.2) is 39.8 Å². The SMILES string of the molecule is CCN1c2nc(N)nc(C)c2C=C(c2cnc[nH]2)C1OC. The number of anilines is 2. The van der Waals surface area contributed by atoms with E-state index in [1.54, 1.807) is 19.6 Å². The summed E-state index contributed by atoms with van der Waals surface area (Å²) in [7, 11) is 1.68. The molecule has 0 saturated carbocycles. The van der Waals surface area contributed by atoms with Crippen LogP contribution in [0.2, 0.25) is 0 Å². The molecular formula is C14H18N6O. The van der Waals surface area contributed by atoms with Gasteiger partial charge in [0.15, 0.2) is 6.23 Å². The first kappa shape index (κ1) is 13.6. The number of ether oxygens (including phenoxy) is 1. The monoisotopic (exact) mass is 286 g/mol. The summed E-state index contributed by atoms with van der Waals surface area (Å²) in [5.41, 5.74) is 9.52. The average molecular weight is 286 g/mol. The van der Waals surface area contributed by atoms with Gasteiger partial charge >= 0.3 is 0 Å². The Morgan fingerprint density at radius 3 is 2.86 bits per heavy atom. The third-order valence-electron chi connectivity index (χ3n) is 3.63. The van der Waals surface area contributed by atoms with Gasteiger partial charge in [-0.2, -0.15) is 4.98 Å². The van der Waals surface area contributed by atoms with Gasteiger partial charge in [0, 0.05) is 24.8 Å². The minimum atomic E-state index is -0.239. The van der Waals surface area contributed by atoms with Gasteiger partial charge in [0.2, 0.25) is 5.95 Å². The van der Waals surface area contributed by atoms with Crippen molar-refractivity contribution in [3.8, 4) is 0 Å². The zero-order chi connectivity index (χ0) is 15.0. The predicted octanol–water partition coefficient (Wildman–Crippen LogP) is 1.44. The van der Waals surface area contributed by atoms with E-state index >= 15 is 0 Å². The molecule has 0 amide bonds. The summed E-state index contributed by atoms with van der Waals surface area (Å²) in [6, 6.07) is 0. The fourth-order valence-corrected chi connectivity index (χ4v) is 2.68. The van der Waals surface area contributed by atoms with Gasteiger partial charge in [-0.15, -0.1) is 0 Å². The lowest BCUT2D eigenvalue weighted by Crippen LogP contribution is -2.41. The molecule has 110 valence electrons. The molecule has 2 aromatic rings. The first-order chi connectivity index (χ1) is 10.2. The van der Waals surface area contributed by atoms with Crippen molar-refractivity contribution in [3.63, 3.8) is 0 Å². The zero-order valence-electron chi connectivity index (χ0n) is 12.3. The third kappa shape index (κ3) is 2.15. The highest BCUT2D eigenvalue weighted by atomic mass is 16.5. The van der Waals surface area contributed by atoms with Gasteiger partial charge in [0.25, 0.3) is 0 Å². The Morgan fingerprint density at radius 2 is 2.24 bits per heavy atom. The van der Waals surface area contributed by atoms with Crippen molar-refractivity contribution in [1.82, 2.24) is 19.9 Å². The second-order valence-electron chi connectivity index (χ2n) is 4.84. The van der Waals surface area contributed by atoms with Crippen LogP contribution in [0.3, 0.4) is 0 Å². The molecule has 1 atom stereocenters. The second kappa shape index (κ2) is 5.17. The highest BCUT2D eigenvalue weighted by Crippen LogP contribution is 2.36. The largest absolute Gasteiger partial charge is 0.368 e. The van der Waals surface area contributed by atoms with Crippen LogP contribution in [-0.2, 0) is 4.74 Å². The van der Waals surface area contributed by atoms with E-state index in [0.29, 0.717) is 0 Å². The molecule has 3 rings (SSSR count). The van der Waals surface area contributed by atoms with E-state index in [1.807, 2.05) is 13.0 Å². The Hall–Kier alpha value is -2.41. The first-order valence-corrected chi connectivity index (χ1v) is 6.79. The quantitative estimate of drug-likeness (QED) is 0.887. The van der Waals surface area contributed by atoms with Gasteiger partial charge in [-0.05, 0) is 19.9 Å². The molecule has 21 heavy (non-hydrogen) atoms. The number of aromatic nitrogens is 4. The van der Waals surface area contributed by atoms with Crippen LogP contribution in [0.25, 0.3) is 11.6 Å². The maximum atomic E-state index is 5.79. The van der Waals surface area contributed by atoms with Crippen LogP contribution in [0.5, 0.6) is 0 Å². The summed E-state index contributed by atoms with van der Waals surface area (Å²) in [6.45, 7) is 4.73. The lowest BCUT2D eigenvalue weighted by Gasteiger charge is -2.36. The van der Waals surface area contributed by atoms with E-state index in [-0.39, 0.29) is 12.2 Å². The smallest absolute Gasteiger partial charge is 0.222 e. The fourth-order valence-electron chi connectivity index (χ4n) is 2.68. The molecule has 0 fully saturated rings. The number of aryl methyl sites for hydroxylation is 1. The molecule has 1 aliphatic heterocycles. The lowest BCUT2D eigenvalue weighted by atomic mass is 10.0. The van der Waals surface area contributed by atoms with Crippen molar-refractivity contribution in [2.45, 2.75) is 20.1 Å². The Bertz CT molecular complexity index is 679. The zero-order valence-corrected chi connectivity index (χ0v) is 12.3. The molecule has 1 unspecified atom stereocenters. The number of fused-ring (bicyclic) bond motifs is 1. The number of likely N-dealkylation sites (N-methyl/N-ethyl adjacent to an activating group) is 1.